The maximum atomic E-state index is 12.2. The van der Waals surface area contributed by atoms with E-state index in [9.17, 15) is 19.2 Å². The van der Waals surface area contributed by atoms with Crippen molar-refractivity contribution in [2.75, 3.05) is 0 Å². The van der Waals surface area contributed by atoms with E-state index in [-0.39, 0.29) is 11.1 Å². The fraction of sp³-hybridized carbons (Fsp3) is 0.231. The van der Waals surface area contributed by atoms with Crippen LogP contribution in [0.3, 0.4) is 0 Å². The van der Waals surface area contributed by atoms with Gasteiger partial charge in [-0.05, 0) is 12.1 Å². The maximum absolute atomic E-state index is 12.2. The highest BCUT2D eigenvalue weighted by Crippen LogP contribution is 2.28. The fourth-order valence-electron chi connectivity index (χ4n) is 2.33. The second-order valence-corrected chi connectivity index (χ2v) is 4.51. The number of amides is 3. The zero-order valence-corrected chi connectivity index (χ0v) is 10.5. The number of carbonyl (C=O) groups is 4. The third-order valence-corrected chi connectivity index (χ3v) is 3.24. The Morgan fingerprint density at radius 3 is 2.15 bits per heavy atom. The van der Waals surface area contributed by atoms with Crippen LogP contribution in [0.2, 0.25) is 0 Å². The van der Waals surface area contributed by atoms with Crippen LogP contribution >= 0.6 is 0 Å². The molecule has 0 saturated carbocycles. The molecular formula is C13H10N2O5. The number of fused-ring (bicyclic) bond motifs is 1. The lowest BCUT2D eigenvalue weighted by atomic mass is 10.1. The number of benzene rings is 1. The molecule has 0 spiro atoms. The molecule has 0 radical (unpaired) electrons. The summed E-state index contributed by atoms with van der Waals surface area (Å²) in [5.41, 5.74) is 0.498. The van der Waals surface area contributed by atoms with Crippen LogP contribution in [0.1, 0.15) is 27.6 Å². The molecule has 2 heterocycles. The minimum Gasteiger partial charge on any atom is -0.439 e. The number of β-lactam (4-membered cyclic amide) rings is 1. The number of hydrogen-bond acceptors (Lipinski definition) is 5. The van der Waals surface area contributed by atoms with E-state index in [2.05, 4.69) is 5.32 Å². The molecule has 0 aromatic heterocycles. The molecule has 102 valence electrons. The lowest BCUT2D eigenvalue weighted by Gasteiger charge is -2.39. The molecule has 0 aliphatic carbocycles. The first kappa shape index (κ1) is 12.3. The molecule has 1 aromatic rings. The van der Waals surface area contributed by atoms with Gasteiger partial charge in [-0.3, -0.25) is 24.1 Å². The molecule has 1 saturated heterocycles. The summed E-state index contributed by atoms with van der Waals surface area (Å²) in [7, 11) is 0. The van der Waals surface area contributed by atoms with E-state index in [0.717, 1.165) is 4.90 Å². The Morgan fingerprint density at radius 1 is 1.15 bits per heavy atom. The Balaban J connectivity index is 1.92. The highest BCUT2D eigenvalue weighted by atomic mass is 16.6. The SMILES string of the molecule is CC(=O)O[C@@H]1NC(=O)[C@@H]1N1C(=O)c2ccccc2C1=O. The average molecular weight is 274 g/mol. The van der Waals surface area contributed by atoms with Crippen LogP contribution in [0.15, 0.2) is 24.3 Å². The number of ether oxygens (including phenoxy) is 1. The van der Waals surface area contributed by atoms with Crippen LogP contribution in [0.25, 0.3) is 0 Å². The van der Waals surface area contributed by atoms with E-state index in [1.807, 2.05) is 0 Å². The standard InChI is InChI=1S/C13H10N2O5/c1-6(16)20-11-9(10(17)14-11)15-12(18)7-4-2-3-5-8(7)13(15)19/h2-5,9,11H,1H3,(H,14,17)/t9-,11-/m0/s1. The third kappa shape index (κ3) is 1.59. The third-order valence-electron chi connectivity index (χ3n) is 3.24. The summed E-state index contributed by atoms with van der Waals surface area (Å²) in [5.74, 6) is -2.23. The van der Waals surface area contributed by atoms with Crippen molar-refractivity contribution in [3.8, 4) is 0 Å². The summed E-state index contributed by atoms with van der Waals surface area (Å²) in [6.45, 7) is 1.18. The van der Waals surface area contributed by atoms with E-state index in [0.29, 0.717) is 0 Å². The molecule has 20 heavy (non-hydrogen) atoms. The van der Waals surface area contributed by atoms with Crippen molar-refractivity contribution in [1.82, 2.24) is 10.2 Å². The van der Waals surface area contributed by atoms with Crippen molar-refractivity contribution in [3.63, 3.8) is 0 Å². The molecule has 2 aliphatic rings. The van der Waals surface area contributed by atoms with Crippen molar-refractivity contribution in [2.24, 2.45) is 0 Å². The van der Waals surface area contributed by atoms with Crippen LogP contribution in [0, 0.1) is 0 Å². The summed E-state index contributed by atoms with van der Waals surface area (Å²) < 4.78 is 4.86. The summed E-state index contributed by atoms with van der Waals surface area (Å²) in [5, 5.41) is 2.34. The Kier molecular flexibility index (Phi) is 2.56. The monoisotopic (exact) mass is 274 g/mol. The quantitative estimate of drug-likeness (QED) is 0.453. The first-order valence-electron chi connectivity index (χ1n) is 5.95. The molecule has 7 nitrogen and oxygen atoms in total. The fourth-order valence-corrected chi connectivity index (χ4v) is 2.33. The number of esters is 1. The van der Waals surface area contributed by atoms with Gasteiger partial charge >= 0.3 is 5.97 Å². The van der Waals surface area contributed by atoms with E-state index in [1.165, 1.54) is 19.1 Å². The first-order valence-corrected chi connectivity index (χ1v) is 5.95. The predicted octanol–water partition coefficient (Wildman–Crippen LogP) is -0.330. The van der Waals surface area contributed by atoms with Crippen molar-refractivity contribution in [3.05, 3.63) is 35.4 Å². The van der Waals surface area contributed by atoms with Crippen molar-refractivity contribution < 1.29 is 23.9 Å². The Bertz CT molecular complexity index is 619. The highest BCUT2D eigenvalue weighted by Gasteiger charge is 2.53. The lowest BCUT2D eigenvalue weighted by Crippen LogP contribution is -2.71. The zero-order chi connectivity index (χ0) is 14.4. The second-order valence-electron chi connectivity index (χ2n) is 4.51. The Hall–Kier alpha value is -2.70. The molecule has 0 bridgehead atoms. The van der Waals surface area contributed by atoms with Crippen LogP contribution in [-0.2, 0) is 14.3 Å². The molecule has 1 fully saturated rings. The first-order chi connectivity index (χ1) is 9.50. The average Bonchev–Trinajstić information content (AvgIpc) is 2.64. The van der Waals surface area contributed by atoms with Gasteiger partial charge in [0.2, 0.25) is 6.23 Å². The smallest absolute Gasteiger partial charge is 0.304 e. The molecule has 0 unspecified atom stereocenters. The second kappa shape index (κ2) is 4.16. The Morgan fingerprint density at radius 2 is 1.70 bits per heavy atom. The maximum Gasteiger partial charge on any atom is 0.304 e. The topological polar surface area (TPSA) is 92.8 Å². The molecule has 7 heteroatoms. The molecule has 2 aliphatic heterocycles. The summed E-state index contributed by atoms with van der Waals surface area (Å²) in [6.07, 6.45) is -0.984. The number of nitrogens with zero attached hydrogens (tertiary/aromatic N) is 1. The van der Waals surface area contributed by atoms with Gasteiger partial charge in [-0.1, -0.05) is 12.1 Å². The minimum atomic E-state index is -1.11. The highest BCUT2D eigenvalue weighted by molar-refractivity contribution is 6.23. The molecule has 3 amide bonds. The predicted molar refractivity (Wildman–Crippen MR) is 64.4 cm³/mol. The van der Waals surface area contributed by atoms with Gasteiger partial charge in [0.15, 0.2) is 6.04 Å². The van der Waals surface area contributed by atoms with Crippen LogP contribution in [-0.4, -0.2) is 40.9 Å². The number of nitrogens with one attached hydrogen (secondary N) is 1. The van der Waals surface area contributed by atoms with Crippen LogP contribution in [0.5, 0.6) is 0 Å². The van der Waals surface area contributed by atoms with Gasteiger partial charge in [0.25, 0.3) is 17.7 Å². The largest absolute Gasteiger partial charge is 0.439 e. The van der Waals surface area contributed by atoms with Gasteiger partial charge in [-0.15, -0.1) is 0 Å². The number of hydrogen-bond donors (Lipinski definition) is 1. The Labute approximate surface area is 113 Å². The summed E-state index contributed by atoms with van der Waals surface area (Å²) in [4.78, 5) is 47.8. The summed E-state index contributed by atoms with van der Waals surface area (Å²) >= 11 is 0. The molecule has 1 aromatic carbocycles. The van der Waals surface area contributed by atoms with Gasteiger partial charge in [-0.2, -0.15) is 0 Å². The van der Waals surface area contributed by atoms with Crippen LogP contribution in [0.4, 0.5) is 0 Å². The molecular weight excluding hydrogens is 264 g/mol. The van der Waals surface area contributed by atoms with Crippen molar-refractivity contribution >= 4 is 23.7 Å². The van der Waals surface area contributed by atoms with Gasteiger partial charge in [0.05, 0.1) is 11.1 Å². The van der Waals surface area contributed by atoms with Gasteiger partial charge in [0.1, 0.15) is 0 Å². The molecule has 1 N–H and O–H groups in total. The normalized spacial score (nSPS) is 24.1. The van der Waals surface area contributed by atoms with E-state index < -0.39 is 36.0 Å². The minimum absolute atomic E-state index is 0.249. The van der Waals surface area contributed by atoms with E-state index >= 15 is 0 Å². The van der Waals surface area contributed by atoms with E-state index in [4.69, 9.17) is 4.74 Å². The molecule has 2 atom stereocenters. The van der Waals surface area contributed by atoms with Crippen LogP contribution < -0.4 is 5.32 Å². The number of imide groups is 1. The van der Waals surface area contributed by atoms with Crippen molar-refractivity contribution in [2.45, 2.75) is 19.2 Å². The number of carbonyl (C=O) groups excluding carboxylic acids is 4. The van der Waals surface area contributed by atoms with Gasteiger partial charge < -0.3 is 10.1 Å². The number of rotatable bonds is 2. The van der Waals surface area contributed by atoms with Gasteiger partial charge in [-0.25, -0.2) is 0 Å². The molecule has 3 rings (SSSR count). The summed E-state index contributed by atoms with van der Waals surface area (Å²) in [6, 6.07) is 5.21. The lowest BCUT2D eigenvalue weighted by molar-refractivity contribution is -0.166. The van der Waals surface area contributed by atoms with E-state index in [1.54, 1.807) is 12.1 Å². The van der Waals surface area contributed by atoms with Gasteiger partial charge in [0, 0.05) is 6.92 Å². The van der Waals surface area contributed by atoms with Crippen molar-refractivity contribution in [1.29, 1.82) is 0 Å². The zero-order valence-electron chi connectivity index (χ0n) is 10.5.